The van der Waals surface area contributed by atoms with Gasteiger partial charge in [0, 0.05) is 12.0 Å². The molecule has 0 spiro atoms. The quantitative estimate of drug-likeness (QED) is 0.464. The van der Waals surface area contributed by atoms with Gasteiger partial charge in [-0.05, 0) is 30.7 Å². The molecule has 0 saturated carbocycles. The van der Waals surface area contributed by atoms with Crippen LogP contribution in [0.25, 0.3) is 0 Å². The van der Waals surface area contributed by atoms with E-state index < -0.39 is 12.1 Å². The van der Waals surface area contributed by atoms with E-state index in [1.54, 1.807) is 18.2 Å². The molecule has 0 amide bonds. The summed E-state index contributed by atoms with van der Waals surface area (Å²) in [4.78, 5) is 22.7. The molecule has 0 saturated heterocycles. The lowest BCUT2D eigenvalue weighted by atomic mass is 10.0. The van der Waals surface area contributed by atoms with Crippen LogP contribution in [0.5, 0.6) is 5.75 Å². The van der Waals surface area contributed by atoms with Crippen molar-refractivity contribution < 1.29 is 19.1 Å². The maximum Gasteiger partial charge on any atom is 0.336 e. The standard InChI is InChI=1S/C14H14O4/c1-8(14(16)17-3)13-7-11-6-10(9(2)15)4-5-12(11)18-13/h4-6,13H,1,7H2,2-3H3/t13-/m1/s1. The van der Waals surface area contributed by atoms with Crippen molar-refractivity contribution in [3.05, 3.63) is 41.5 Å². The van der Waals surface area contributed by atoms with Gasteiger partial charge in [-0.2, -0.15) is 0 Å². The molecule has 94 valence electrons. The van der Waals surface area contributed by atoms with Crippen molar-refractivity contribution >= 4 is 11.8 Å². The average Bonchev–Trinajstić information content (AvgIpc) is 2.79. The van der Waals surface area contributed by atoms with Gasteiger partial charge in [-0.15, -0.1) is 0 Å². The number of carbonyl (C=O) groups is 2. The van der Waals surface area contributed by atoms with Crippen LogP contribution < -0.4 is 4.74 Å². The second kappa shape index (κ2) is 4.64. The Morgan fingerprint density at radius 3 is 2.78 bits per heavy atom. The highest BCUT2D eigenvalue weighted by molar-refractivity contribution is 5.94. The lowest BCUT2D eigenvalue weighted by Crippen LogP contribution is -2.22. The van der Waals surface area contributed by atoms with Crippen LogP contribution in [-0.2, 0) is 16.0 Å². The number of esters is 1. The fraction of sp³-hybridized carbons (Fsp3) is 0.286. The summed E-state index contributed by atoms with van der Waals surface area (Å²) >= 11 is 0. The van der Waals surface area contributed by atoms with E-state index in [9.17, 15) is 9.59 Å². The van der Waals surface area contributed by atoms with Gasteiger partial charge in [-0.3, -0.25) is 4.79 Å². The van der Waals surface area contributed by atoms with E-state index >= 15 is 0 Å². The minimum Gasteiger partial charge on any atom is -0.485 e. The monoisotopic (exact) mass is 246 g/mol. The minimum atomic E-state index is -0.473. The molecule has 1 aromatic rings. The first-order valence-electron chi connectivity index (χ1n) is 5.60. The zero-order valence-electron chi connectivity index (χ0n) is 10.4. The average molecular weight is 246 g/mol. The Bertz CT molecular complexity index is 531. The van der Waals surface area contributed by atoms with Gasteiger partial charge in [-0.1, -0.05) is 6.58 Å². The number of hydrogen-bond acceptors (Lipinski definition) is 4. The van der Waals surface area contributed by atoms with Crippen LogP contribution in [-0.4, -0.2) is 25.0 Å². The summed E-state index contributed by atoms with van der Waals surface area (Å²) in [5, 5.41) is 0. The molecular formula is C14H14O4. The third-order valence-corrected chi connectivity index (χ3v) is 2.98. The number of benzene rings is 1. The molecule has 1 aliphatic heterocycles. The van der Waals surface area contributed by atoms with Crippen molar-refractivity contribution in [2.75, 3.05) is 7.11 Å². The molecule has 0 N–H and O–H groups in total. The van der Waals surface area contributed by atoms with Crippen LogP contribution in [0.15, 0.2) is 30.4 Å². The van der Waals surface area contributed by atoms with E-state index in [0.717, 1.165) is 5.56 Å². The Hall–Kier alpha value is -2.10. The van der Waals surface area contributed by atoms with Crippen LogP contribution in [0.4, 0.5) is 0 Å². The predicted octanol–water partition coefficient (Wildman–Crippen LogP) is 1.92. The Morgan fingerprint density at radius 1 is 1.44 bits per heavy atom. The molecule has 4 nitrogen and oxygen atoms in total. The van der Waals surface area contributed by atoms with E-state index in [4.69, 9.17) is 4.74 Å². The second-order valence-electron chi connectivity index (χ2n) is 4.21. The first-order chi connectivity index (χ1) is 8.52. The highest BCUT2D eigenvalue weighted by atomic mass is 16.5. The van der Waals surface area contributed by atoms with Crippen LogP contribution >= 0.6 is 0 Å². The lowest BCUT2D eigenvalue weighted by molar-refractivity contribution is -0.136. The van der Waals surface area contributed by atoms with Crippen LogP contribution in [0, 0.1) is 0 Å². The van der Waals surface area contributed by atoms with Crippen molar-refractivity contribution in [3.8, 4) is 5.75 Å². The molecular weight excluding hydrogens is 232 g/mol. The molecule has 0 aromatic heterocycles. The van der Waals surface area contributed by atoms with Crippen LogP contribution in [0.3, 0.4) is 0 Å². The number of ether oxygens (including phenoxy) is 2. The third-order valence-electron chi connectivity index (χ3n) is 2.98. The van der Waals surface area contributed by atoms with Gasteiger partial charge in [0.1, 0.15) is 11.9 Å². The molecule has 1 aromatic carbocycles. The fourth-order valence-corrected chi connectivity index (χ4v) is 1.92. The maximum absolute atomic E-state index is 11.4. The molecule has 0 unspecified atom stereocenters. The first kappa shape index (κ1) is 12.4. The van der Waals surface area contributed by atoms with Gasteiger partial charge >= 0.3 is 5.97 Å². The Balaban J connectivity index is 2.20. The van der Waals surface area contributed by atoms with Gasteiger partial charge in [0.25, 0.3) is 0 Å². The number of rotatable bonds is 3. The molecule has 18 heavy (non-hydrogen) atoms. The normalized spacial score (nSPS) is 16.7. The number of methoxy groups -OCH3 is 1. The summed E-state index contributed by atoms with van der Waals surface area (Å²) in [6.07, 6.45) is 0.124. The van der Waals surface area contributed by atoms with Crippen molar-refractivity contribution in [2.45, 2.75) is 19.4 Å². The summed E-state index contributed by atoms with van der Waals surface area (Å²) in [6, 6.07) is 5.25. The van der Waals surface area contributed by atoms with Crippen molar-refractivity contribution in [2.24, 2.45) is 0 Å². The predicted molar refractivity (Wildman–Crippen MR) is 65.7 cm³/mol. The van der Waals surface area contributed by atoms with Crippen molar-refractivity contribution in [1.82, 2.24) is 0 Å². The topological polar surface area (TPSA) is 52.6 Å². The first-order valence-corrected chi connectivity index (χ1v) is 5.60. The van der Waals surface area contributed by atoms with Gasteiger partial charge < -0.3 is 9.47 Å². The molecule has 1 heterocycles. The largest absolute Gasteiger partial charge is 0.485 e. The van der Waals surface area contributed by atoms with Gasteiger partial charge in [-0.25, -0.2) is 4.79 Å². The van der Waals surface area contributed by atoms with Crippen LogP contribution in [0.2, 0.25) is 0 Å². The van der Waals surface area contributed by atoms with E-state index in [2.05, 4.69) is 11.3 Å². The van der Waals surface area contributed by atoms with Crippen molar-refractivity contribution in [1.29, 1.82) is 0 Å². The third kappa shape index (κ3) is 2.14. The molecule has 0 aliphatic carbocycles. The summed E-state index contributed by atoms with van der Waals surface area (Å²) in [7, 11) is 1.31. The summed E-state index contributed by atoms with van der Waals surface area (Å²) in [5.74, 6) is 0.225. The Labute approximate surface area is 105 Å². The van der Waals surface area contributed by atoms with E-state index in [-0.39, 0.29) is 11.4 Å². The van der Waals surface area contributed by atoms with Crippen molar-refractivity contribution in [3.63, 3.8) is 0 Å². The van der Waals surface area contributed by atoms with E-state index in [0.29, 0.717) is 17.7 Å². The number of hydrogen-bond donors (Lipinski definition) is 0. The summed E-state index contributed by atoms with van der Waals surface area (Å²) in [6.45, 7) is 5.20. The fourth-order valence-electron chi connectivity index (χ4n) is 1.92. The summed E-state index contributed by atoms with van der Waals surface area (Å²) in [5.41, 5.74) is 1.84. The maximum atomic E-state index is 11.4. The SMILES string of the molecule is C=C(C(=O)OC)[C@H]1Cc2cc(C(C)=O)ccc2O1. The molecule has 4 heteroatoms. The van der Waals surface area contributed by atoms with Gasteiger partial charge in [0.05, 0.1) is 12.7 Å². The van der Waals surface area contributed by atoms with Crippen LogP contribution in [0.1, 0.15) is 22.8 Å². The zero-order valence-corrected chi connectivity index (χ0v) is 10.4. The molecule has 2 rings (SSSR count). The van der Waals surface area contributed by atoms with Gasteiger partial charge in [0.2, 0.25) is 0 Å². The smallest absolute Gasteiger partial charge is 0.336 e. The molecule has 0 radical (unpaired) electrons. The number of carbonyl (C=O) groups excluding carboxylic acids is 2. The highest BCUT2D eigenvalue weighted by Gasteiger charge is 2.29. The Morgan fingerprint density at radius 2 is 2.17 bits per heavy atom. The van der Waals surface area contributed by atoms with E-state index in [1.165, 1.54) is 14.0 Å². The number of fused-ring (bicyclic) bond motifs is 1. The molecule has 0 fully saturated rings. The van der Waals surface area contributed by atoms with Gasteiger partial charge in [0.15, 0.2) is 5.78 Å². The zero-order chi connectivity index (χ0) is 13.3. The lowest BCUT2D eigenvalue weighted by Gasteiger charge is -2.11. The van der Waals surface area contributed by atoms with E-state index in [1.807, 2.05) is 0 Å². The molecule has 0 bridgehead atoms. The number of Topliss-reactive ketones (excluding diaryl/α,β-unsaturated/α-hetero) is 1. The second-order valence-corrected chi connectivity index (χ2v) is 4.21. The molecule has 1 aliphatic rings. The Kier molecular flexibility index (Phi) is 3.19. The highest BCUT2D eigenvalue weighted by Crippen LogP contribution is 2.32. The molecule has 1 atom stereocenters. The minimum absolute atomic E-state index is 0.00745. The number of ketones is 1. The summed E-state index contributed by atoms with van der Waals surface area (Å²) < 4.78 is 10.2.